The van der Waals surface area contributed by atoms with Crippen molar-refractivity contribution in [3.8, 4) is 0 Å². The maximum absolute atomic E-state index is 11.9. The molecule has 2 aliphatic rings. The van der Waals surface area contributed by atoms with Gasteiger partial charge in [-0.2, -0.15) is 13.2 Å². The minimum atomic E-state index is -4.55. The third-order valence-electron chi connectivity index (χ3n) is 3.46. The molecule has 0 aromatic heterocycles. The lowest BCUT2D eigenvalue weighted by atomic mass is 9.82. The third kappa shape index (κ3) is 2.89. The molecule has 2 unspecified atom stereocenters. The summed E-state index contributed by atoms with van der Waals surface area (Å²) in [6.45, 7) is -1.60. The van der Waals surface area contributed by atoms with Crippen LogP contribution in [0.2, 0.25) is 0 Å². The fourth-order valence-electron chi connectivity index (χ4n) is 2.77. The number of aliphatic carboxylic acids is 1. The van der Waals surface area contributed by atoms with E-state index >= 15 is 0 Å². The summed E-state index contributed by atoms with van der Waals surface area (Å²) < 4.78 is 35.6. The zero-order chi connectivity index (χ0) is 14.2. The molecular weight excluding hydrogens is 267 g/mol. The molecule has 1 amide bonds. The first-order chi connectivity index (χ1) is 8.79. The molecule has 0 radical (unpaired) electrons. The summed E-state index contributed by atoms with van der Waals surface area (Å²) in [4.78, 5) is 26.9. The monoisotopic (exact) mass is 279 g/mol. The van der Waals surface area contributed by atoms with Crippen molar-refractivity contribution in [3.05, 3.63) is 12.2 Å². The van der Waals surface area contributed by atoms with Crippen LogP contribution < -0.4 is 5.48 Å². The molecule has 106 valence electrons. The average molecular weight is 279 g/mol. The zero-order valence-corrected chi connectivity index (χ0v) is 9.68. The van der Waals surface area contributed by atoms with Crippen molar-refractivity contribution >= 4 is 11.9 Å². The lowest BCUT2D eigenvalue weighted by molar-refractivity contribution is -0.193. The molecule has 0 aromatic carbocycles. The van der Waals surface area contributed by atoms with Gasteiger partial charge in [0.1, 0.15) is 0 Å². The second kappa shape index (κ2) is 4.84. The summed E-state index contributed by atoms with van der Waals surface area (Å²) in [5, 5.41) is 9.07. The highest BCUT2D eigenvalue weighted by atomic mass is 19.4. The maximum atomic E-state index is 11.9. The number of hydrogen-bond donors (Lipinski definition) is 2. The fraction of sp³-hybridized carbons (Fsp3) is 0.636. The number of allylic oxidation sites excluding steroid dienone is 2. The van der Waals surface area contributed by atoms with Gasteiger partial charge in [0, 0.05) is 0 Å². The molecular formula is C11H12F3NO4. The minimum Gasteiger partial charge on any atom is -0.481 e. The number of halogens is 3. The van der Waals surface area contributed by atoms with Gasteiger partial charge in [0.15, 0.2) is 6.61 Å². The molecule has 0 aliphatic heterocycles. The van der Waals surface area contributed by atoms with Crippen LogP contribution in [0, 0.1) is 23.7 Å². The molecule has 5 nitrogen and oxygen atoms in total. The molecule has 1 fully saturated rings. The van der Waals surface area contributed by atoms with Crippen LogP contribution in [0.5, 0.6) is 0 Å². The van der Waals surface area contributed by atoms with Gasteiger partial charge in [-0.3, -0.25) is 14.4 Å². The van der Waals surface area contributed by atoms with Crippen LogP contribution in [0.4, 0.5) is 13.2 Å². The Labute approximate surface area is 106 Å². The molecule has 2 rings (SSSR count). The Morgan fingerprint density at radius 2 is 1.84 bits per heavy atom. The second-order valence-electron chi connectivity index (χ2n) is 4.71. The van der Waals surface area contributed by atoms with Crippen LogP contribution in [-0.2, 0) is 14.4 Å². The Hall–Kier alpha value is -1.57. The Kier molecular flexibility index (Phi) is 3.53. The number of carboxylic acids is 1. The van der Waals surface area contributed by atoms with E-state index in [0.29, 0.717) is 6.42 Å². The second-order valence-corrected chi connectivity index (χ2v) is 4.71. The molecule has 0 heterocycles. The number of carbonyl (C=O) groups excluding carboxylic acids is 1. The van der Waals surface area contributed by atoms with Crippen LogP contribution in [-0.4, -0.2) is 29.8 Å². The van der Waals surface area contributed by atoms with Gasteiger partial charge >= 0.3 is 12.1 Å². The number of hydrogen-bond acceptors (Lipinski definition) is 3. The van der Waals surface area contributed by atoms with Gasteiger partial charge < -0.3 is 5.11 Å². The summed E-state index contributed by atoms with van der Waals surface area (Å²) >= 11 is 0. The lowest BCUT2D eigenvalue weighted by Crippen LogP contribution is -2.41. The molecule has 19 heavy (non-hydrogen) atoms. The van der Waals surface area contributed by atoms with Crippen molar-refractivity contribution in [1.82, 2.24) is 5.48 Å². The van der Waals surface area contributed by atoms with Crippen LogP contribution in [0.15, 0.2) is 12.2 Å². The highest BCUT2D eigenvalue weighted by molar-refractivity contribution is 5.86. The van der Waals surface area contributed by atoms with Gasteiger partial charge in [-0.1, -0.05) is 12.2 Å². The molecule has 2 bridgehead atoms. The minimum absolute atomic E-state index is 0.235. The molecule has 0 aromatic rings. The standard InChI is InChI=1S/C11H12F3NO4/c12-11(13,14)4-19-15-9(16)7-5-1-2-6(3-5)8(7)10(17)18/h1-2,5-8H,3-4H2,(H,15,16)(H,17,18)/t5?,6?,7-,8+/m0/s1. The number of nitrogens with one attached hydrogen (secondary N) is 1. The van der Waals surface area contributed by atoms with Gasteiger partial charge in [0.05, 0.1) is 11.8 Å². The maximum Gasteiger partial charge on any atom is 0.414 e. The van der Waals surface area contributed by atoms with Crippen LogP contribution in [0.1, 0.15) is 6.42 Å². The van der Waals surface area contributed by atoms with Gasteiger partial charge in [0.2, 0.25) is 5.91 Å². The van der Waals surface area contributed by atoms with E-state index in [1.807, 2.05) is 0 Å². The molecule has 0 spiro atoms. The zero-order valence-electron chi connectivity index (χ0n) is 9.68. The molecule has 1 saturated carbocycles. The van der Waals surface area contributed by atoms with Gasteiger partial charge in [0.25, 0.3) is 0 Å². The highest BCUT2D eigenvalue weighted by Gasteiger charge is 2.51. The average Bonchev–Trinajstić information content (AvgIpc) is 2.85. The number of carbonyl (C=O) groups is 2. The van der Waals surface area contributed by atoms with E-state index in [9.17, 15) is 22.8 Å². The first-order valence-electron chi connectivity index (χ1n) is 5.69. The van der Waals surface area contributed by atoms with Gasteiger partial charge in [-0.15, -0.1) is 0 Å². The van der Waals surface area contributed by atoms with E-state index < -0.39 is 36.5 Å². The molecule has 0 saturated heterocycles. The van der Waals surface area contributed by atoms with Crippen LogP contribution in [0.25, 0.3) is 0 Å². The van der Waals surface area contributed by atoms with Crippen LogP contribution in [0.3, 0.4) is 0 Å². The lowest BCUT2D eigenvalue weighted by Gasteiger charge is -2.23. The normalized spacial score (nSPS) is 32.6. The summed E-state index contributed by atoms with van der Waals surface area (Å²) in [5.74, 6) is -4.19. The number of amides is 1. The van der Waals surface area contributed by atoms with Crippen molar-refractivity contribution in [3.63, 3.8) is 0 Å². The Bertz CT molecular complexity index is 421. The first-order valence-corrected chi connectivity index (χ1v) is 5.69. The number of fused-ring (bicyclic) bond motifs is 2. The summed E-state index contributed by atoms with van der Waals surface area (Å²) in [6.07, 6.45) is -0.537. The number of hydroxylamine groups is 1. The fourth-order valence-corrected chi connectivity index (χ4v) is 2.77. The largest absolute Gasteiger partial charge is 0.481 e. The summed E-state index contributed by atoms with van der Waals surface area (Å²) in [5.41, 5.74) is 1.69. The van der Waals surface area contributed by atoms with Crippen molar-refractivity contribution < 1.29 is 32.7 Å². The van der Waals surface area contributed by atoms with Gasteiger partial charge in [-0.05, 0) is 18.3 Å². The smallest absolute Gasteiger partial charge is 0.414 e. The predicted octanol–water partition coefficient (Wildman–Crippen LogP) is 1.12. The van der Waals surface area contributed by atoms with Crippen LogP contribution >= 0.6 is 0 Å². The van der Waals surface area contributed by atoms with E-state index in [1.54, 1.807) is 17.6 Å². The summed E-state index contributed by atoms with van der Waals surface area (Å²) in [7, 11) is 0. The van der Waals surface area contributed by atoms with Gasteiger partial charge in [-0.25, -0.2) is 5.48 Å². The van der Waals surface area contributed by atoms with Crippen molar-refractivity contribution in [1.29, 1.82) is 0 Å². The SMILES string of the molecule is O=C(O)[C@@H]1C2C=CC(C2)[C@@H]1C(=O)NOCC(F)(F)F. The van der Waals surface area contributed by atoms with E-state index in [-0.39, 0.29) is 11.8 Å². The Morgan fingerprint density at radius 1 is 1.26 bits per heavy atom. The third-order valence-corrected chi connectivity index (χ3v) is 3.46. The van der Waals surface area contributed by atoms with Crippen molar-refractivity contribution in [2.24, 2.45) is 23.7 Å². The van der Waals surface area contributed by atoms with Crippen molar-refractivity contribution in [2.45, 2.75) is 12.6 Å². The summed E-state index contributed by atoms with van der Waals surface area (Å²) in [6, 6.07) is 0. The first kappa shape index (κ1) is 13.9. The Morgan fingerprint density at radius 3 is 2.37 bits per heavy atom. The van der Waals surface area contributed by atoms with E-state index in [4.69, 9.17) is 5.11 Å². The van der Waals surface area contributed by atoms with E-state index in [1.165, 1.54) is 0 Å². The molecule has 2 N–H and O–H groups in total. The van der Waals surface area contributed by atoms with E-state index in [2.05, 4.69) is 4.84 Å². The molecule has 2 aliphatic carbocycles. The predicted molar refractivity (Wildman–Crippen MR) is 55.5 cm³/mol. The Balaban J connectivity index is 1.95. The molecule has 8 heteroatoms. The van der Waals surface area contributed by atoms with Crippen molar-refractivity contribution in [2.75, 3.05) is 6.61 Å². The highest BCUT2D eigenvalue weighted by Crippen LogP contribution is 2.48. The topological polar surface area (TPSA) is 75.6 Å². The number of alkyl halides is 3. The number of carboxylic acid groups (broad SMARTS) is 1. The molecule has 4 atom stereocenters. The number of rotatable bonds is 4. The van der Waals surface area contributed by atoms with E-state index in [0.717, 1.165) is 0 Å². The quantitative estimate of drug-likeness (QED) is 0.597.